The second-order valence-corrected chi connectivity index (χ2v) is 6.50. The molecule has 1 atom stereocenters. The van der Waals surface area contributed by atoms with Crippen LogP contribution < -0.4 is 5.73 Å². The summed E-state index contributed by atoms with van der Waals surface area (Å²) in [5, 5.41) is 1.11. The fourth-order valence-electron chi connectivity index (χ4n) is 2.58. The monoisotopic (exact) mass is 287 g/mol. The van der Waals surface area contributed by atoms with Crippen LogP contribution in [0.4, 0.5) is 0 Å². The topological polar surface area (TPSA) is 42.1 Å². The Morgan fingerprint density at radius 3 is 2.90 bits per heavy atom. The van der Waals surface area contributed by atoms with Crippen molar-refractivity contribution >= 4 is 11.3 Å². The Morgan fingerprint density at radius 2 is 2.15 bits per heavy atom. The number of thiazole rings is 1. The summed E-state index contributed by atoms with van der Waals surface area (Å²) >= 11 is 1.80. The maximum atomic E-state index is 6.10. The number of nitrogens with zero attached hydrogens (tertiary/aromatic N) is 2. The summed E-state index contributed by atoms with van der Waals surface area (Å²) in [6.07, 6.45) is 2.01. The Kier molecular flexibility index (Phi) is 4.15. The lowest BCUT2D eigenvalue weighted by Crippen LogP contribution is -2.29. The lowest BCUT2D eigenvalue weighted by Gasteiger charge is -2.25. The van der Waals surface area contributed by atoms with Gasteiger partial charge in [-0.25, -0.2) is 4.98 Å². The maximum absolute atomic E-state index is 6.10. The fourth-order valence-corrected chi connectivity index (χ4v) is 3.82. The van der Waals surface area contributed by atoms with Crippen molar-refractivity contribution < 1.29 is 0 Å². The van der Waals surface area contributed by atoms with Crippen molar-refractivity contribution in [3.63, 3.8) is 0 Å². The van der Waals surface area contributed by atoms with E-state index < -0.39 is 0 Å². The highest BCUT2D eigenvalue weighted by Crippen LogP contribution is 2.29. The summed E-state index contributed by atoms with van der Waals surface area (Å²) in [6.45, 7) is 5.24. The highest BCUT2D eigenvalue weighted by molar-refractivity contribution is 7.11. The lowest BCUT2D eigenvalue weighted by molar-refractivity contribution is 0.247. The quantitative estimate of drug-likeness (QED) is 0.939. The van der Waals surface area contributed by atoms with Gasteiger partial charge in [0.2, 0.25) is 0 Å². The van der Waals surface area contributed by atoms with Gasteiger partial charge in [-0.1, -0.05) is 37.3 Å². The molecule has 1 aliphatic rings. The first-order valence-electron chi connectivity index (χ1n) is 7.26. The molecule has 1 aromatic carbocycles. The van der Waals surface area contributed by atoms with E-state index in [1.807, 2.05) is 0 Å². The van der Waals surface area contributed by atoms with Gasteiger partial charge in [-0.3, -0.25) is 4.90 Å². The normalized spacial score (nSPS) is 16.9. The van der Waals surface area contributed by atoms with E-state index in [4.69, 9.17) is 10.7 Å². The first kappa shape index (κ1) is 13.7. The van der Waals surface area contributed by atoms with Crippen LogP contribution in [0.2, 0.25) is 0 Å². The van der Waals surface area contributed by atoms with Gasteiger partial charge in [0.25, 0.3) is 0 Å². The third-order valence-electron chi connectivity index (χ3n) is 3.83. The van der Waals surface area contributed by atoms with Gasteiger partial charge in [-0.15, -0.1) is 11.3 Å². The number of aromatic nitrogens is 1. The smallest absolute Gasteiger partial charge is 0.110 e. The standard InChI is InChI=1S/C16H21N3S/c1-2-13(17)16-18-14-8-9-19(11-15(14)20-16)10-12-6-4-3-5-7-12/h3-7,13H,2,8-11,17H2,1H3. The van der Waals surface area contributed by atoms with Gasteiger partial charge in [-0.2, -0.15) is 0 Å². The summed E-state index contributed by atoms with van der Waals surface area (Å²) in [5.41, 5.74) is 8.76. The third-order valence-corrected chi connectivity index (χ3v) is 5.05. The Bertz CT molecular complexity index is 564. The average molecular weight is 287 g/mol. The second kappa shape index (κ2) is 6.04. The Labute approximate surface area is 124 Å². The van der Waals surface area contributed by atoms with Gasteiger partial charge < -0.3 is 5.73 Å². The number of rotatable bonds is 4. The van der Waals surface area contributed by atoms with Crippen LogP contribution in [0.15, 0.2) is 30.3 Å². The molecule has 0 aliphatic carbocycles. The second-order valence-electron chi connectivity index (χ2n) is 5.38. The van der Waals surface area contributed by atoms with Crippen LogP contribution >= 0.6 is 11.3 Å². The molecule has 0 spiro atoms. The van der Waals surface area contributed by atoms with Crippen molar-refractivity contribution in [2.24, 2.45) is 5.73 Å². The maximum Gasteiger partial charge on any atom is 0.110 e. The van der Waals surface area contributed by atoms with E-state index in [1.165, 1.54) is 16.1 Å². The van der Waals surface area contributed by atoms with Gasteiger partial charge in [0, 0.05) is 30.9 Å². The molecule has 0 fully saturated rings. The molecule has 1 aromatic heterocycles. The molecule has 0 bridgehead atoms. The van der Waals surface area contributed by atoms with Crippen LogP contribution in [0, 0.1) is 0 Å². The van der Waals surface area contributed by atoms with Gasteiger partial charge in [0.1, 0.15) is 5.01 Å². The fraction of sp³-hybridized carbons (Fsp3) is 0.438. The van der Waals surface area contributed by atoms with Crippen molar-refractivity contribution in [2.45, 2.75) is 38.9 Å². The zero-order valence-corrected chi connectivity index (χ0v) is 12.7. The van der Waals surface area contributed by atoms with Crippen LogP contribution in [0.1, 0.15) is 40.5 Å². The van der Waals surface area contributed by atoms with Crippen LogP contribution in [-0.4, -0.2) is 16.4 Å². The minimum Gasteiger partial charge on any atom is -0.322 e. The predicted octanol–water partition coefficient (Wildman–Crippen LogP) is 3.11. The molecule has 1 aliphatic heterocycles. The van der Waals surface area contributed by atoms with Gasteiger partial charge >= 0.3 is 0 Å². The molecule has 0 saturated carbocycles. The molecule has 1 unspecified atom stereocenters. The van der Waals surface area contributed by atoms with Crippen molar-refractivity contribution in [3.8, 4) is 0 Å². The van der Waals surface area contributed by atoms with E-state index in [2.05, 4.69) is 42.2 Å². The molecular weight excluding hydrogens is 266 g/mol. The highest BCUT2D eigenvalue weighted by Gasteiger charge is 2.22. The van der Waals surface area contributed by atoms with E-state index in [-0.39, 0.29) is 6.04 Å². The van der Waals surface area contributed by atoms with Crippen LogP contribution in [0.3, 0.4) is 0 Å². The van der Waals surface area contributed by atoms with Gasteiger partial charge in [-0.05, 0) is 12.0 Å². The predicted molar refractivity (Wildman–Crippen MR) is 83.6 cm³/mol. The molecular formula is C16H21N3S. The molecule has 4 heteroatoms. The number of hydrogen-bond acceptors (Lipinski definition) is 4. The zero-order valence-electron chi connectivity index (χ0n) is 11.9. The van der Waals surface area contributed by atoms with Crippen molar-refractivity contribution in [2.75, 3.05) is 6.54 Å². The number of fused-ring (bicyclic) bond motifs is 1. The van der Waals surface area contributed by atoms with Crippen molar-refractivity contribution in [3.05, 3.63) is 51.5 Å². The molecule has 3 nitrogen and oxygen atoms in total. The van der Waals surface area contributed by atoms with Crippen LogP contribution in [0.5, 0.6) is 0 Å². The van der Waals surface area contributed by atoms with Crippen LogP contribution in [0.25, 0.3) is 0 Å². The van der Waals surface area contributed by atoms with Crippen LogP contribution in [-0.2, 0) is 19.5 Å². The Morgan fingerprint density at radius 1 is 1.35 bits per heavy atom. The minimum absolute atomic E-state index is 0.105. The first-order valence-corrected chi connectivity index (χ1v) is 8.08. The van der Waals surface area contributed by atoms with Gasteiger partial charge in [0.15, 0.2) is 0 Å². The number of hydrogen-bond donors (Lipinski definition) is 1. The molecule has 2 N–H and O–H groups in total. The summed E-state index contributed by atoms with van der Waals surface area (Å²) in [5.74, 6) is 0. The van der Waals surface area contributed by atoms with E-state index in [0.717, 1.165) is 37.5 Å². The number of nitrogens with two attached hydrogens (primary N) is 1. The molecule has 2 heterocycles. The summed E-state index contributed by atoms with van der Waals surface area (Å²) in [7, 11) is 0. The van der Waals surface area contributed by atoms with E-state index >= 15 is 0 Å². The molecule has 106 valence electrons. The molecule has 3 rings (SSSR count). The average Bonchev–Trinajstić information content (AvgIpc) is 2.90. The molecule has 0 amide bonds. The summed E-state index contributed by atoms with van der Waals surface area (Å²) in [4.78, 5) is 8.64. The zero-order chi connectivity index (χ0) is 13.9. The van der Waals surface area contributed by atoms with Crippen molar-refractivity contribution in [1.29, 1.82) is 0 Å². The highest BCUT2D eigenvalue weighted by atomic mass is 32.1. The Hall–Kier alpha value is -1.23. The molecule has 2 aromatic rings. The van der Waals surface area contributed by atoms with E-state index in [0.29, 0.717) is 0 Å². The van der Waals surface area contributed by atoms with E-state index in [9.17, 15) is 0 Å². The first-order chi connectivity index (χ1) is 9.76. The number of benzene rings is 1. The summed E-state index contributed by atoms with van der Waals surface area (Å²) in [6, 6.07) is 10.8. The minimum atomic E-state index is 0.105. The van der Waals surface area contributed by atoms with Gasteiger partial charge in [0.05, 0.1) is 11.7 Å². The third kappa shape index (κ3) is 2.92. The Balaban J connectivity index is 1.70. The largest absolute Gasteiger partial charge is 0.322 e. The molecule has 0 saturated heterocycles. The van der Waals surface area contributed by atoms with Crippen molar-refractivity contribution in [1.82, 2.24) is 9.88 Å². The molecule has 0 radical (unpaired) electrons. The van der Waals surface area contributed by atoms with E-state index in [1.54, 1.807) is 11.3 Å². The lowest BCUT2D eigenvalue weighted by atomic mass is 10.1. The molecule has 20 heavy (non-hydrogen) atoms. The SMILES string of the molecule is CCC(N)c1nc2c(s1)CN(Cc1ccccc1)CC2. The summed E-state index contributed by atoms with van der Waals surface area (Å²) < 4.78 is 0.